The van der Waals surface area contributed by atoms with Gasteiger partial charge in [0.2, 0.25) is 5.88 Å². The second-order valence-electron chi connectivity index (χ2n) is 8.28. The first kappa shape index (κ1) is 25.5. The maximum Gasteiger partial charge on any atom is 0.238 e. The number of furan rings is 1. The number of hydrogen-bond acceptors (Lipinski definition) is 5. The van der Waals surface area contributed by atoms with E-state index in [0.29, 0.717) is 30.3 Å². The van der Waals surface area contributed by atoms with Crippen molar-refractivity contribution in [2.45, 2.75) is 27.7 Å². The van der Waals surface area contributed by atoms with Gasteiger partial charge in [0.05, 0.1) is 16.8 Å². The molecule has 0 spiro atoms. The minimum atomic E-state index is 0.269. The number of nitriles is 1. The summed E-state index contributed by atoms with van der Waals surface area (Å²) in [7, 11) is 0. The molecule has 0 bridgehead atoms. The van der Waals surface area contributed by atoms with Crippen LogP contribution in [0.25, 0.3) is 22.5 Å². The fourth-order valence-corrected chi connectivity index (χ4v) is 4.64. The molecule has 4 rings (SSSR count). The summed E-state index contributed by atoms with van der Waals surface area (Å²) in [4.78, 5) is 4.62. The lowest BCUT2D eigenvalue weighted by atomic mass is 9.97. The van der Waals surface area contributed by atoms with Crippen LogP contribution in [0.3, 0.4) is 0 Å². The molecule has 0 saturated heterocycles. The van der Waals surface area contributed by atoms with Gasteiger partial charge in [-0.3, -0.25) is 0 Å². The first-order chi connectivity index (χ1) is 17.4. The number of nitrogens with zero attached hydrogens (tertiary/aromatic N) is 2. The predicted molar refractivity (Wildman–Crippen MR) is 153 cm³/mol. The quantitative estimate of drug-likeness (QED) is 0.153. The van der Waals surface area contributed by atoms with Crippen LogP contribution in [0.5, 0.6) is 11.5 Å². The number of rotatable bonds is 8. The van der Waals surface area contributed by atoms with Crippen molar-refractivity contribution in [1.82, 2.24) is 0 Å². The van der Waals surface area contributed by atoms with E-state index in [0.717, 1.165) is 42.7 Å². The average Bonchev–Trinajstić information content (AvgIpc) is 3.24. The molecule has 6 heteroatoms. The Morgan fingerprint density at radius 3 is 2.11 bits per heavy atom. The summed E-state index contributed by atoms with van der Waals surface area (Å²) in [5, 5.41) is 10.1. The standard InChI is InChI=1S/C30H27IN2O3/c1-5-34-26-16-21(15-25(31)29(26)35-6-2)18-33-30-24(17-32)27(22-11-7-19(3)8-12-22)28(36-30)23-13-9-20(4)10-14-23/h7-16,18H,5-6H2,1-4H3. The number of ether oxygens (including phenoxy) is 2. The fraction of sp³-hybridized carbons (Fsp3) is 0.200. The van der Waals surface area contributed by atoms with Gasteiger partial charge in [-0.2, -0.15) is 5.26 Å². The molecule has 0 amide bonds. The molecule has 1 aromatic heterocycles. The summed E-state index contributed by atoms with van der Waals surface area (Å²) in [6, 6.07) is 22.3. The lowest BCUT2D eigenvalue weighted by molar-refractivity contribution is 0.286. The highest BCUT2D eigenvalue weighted by Crippen LogP contribution is 2.43. The first-order valence-electron chi connectivity index (χ1n) is 11.8. The molecule has 5 nitrogen and oxygen atoms in total. The van der Waals surface area contributed by atoms with Crippen molar-refractivity contribution in [3.05, 3.63) is 86.5 Å². The third-order valence-corrected chi connectivity index (χ3v) is 6.41. The summed E-state index contributed by atoms with van der Waals surface area (Å²) < 4.78 is 18.7. The molecule has 0 atom stereocenters. The third kappa shape index (κ3) is 5.47. The van der Waals surface area contributed by atoms with E-state index in [-0.39, 0.29) is 5.88 Å². The van der Waals surface area contributed by atoms with E-state index >= 15 is 0 Å². The number of hydrogen-bond donors (Lipinski definition) is 0. The van der Waals surface area contributed by atoms with E-state index in [4.69, 9.17) is 13.9 Å². The molecule has 0 unspecified atom stereocenters. The van der Waals surface area contributed by atoms with Crippen LogP contribution in [0.15, 0.2) is 70.1 Å². The van der Waals surface area contributed by atoms with Gasteiger partial charge in [-0.1, -0.05) is 59.7 Å². The number of halogens is 1. The van der Waals surface area contributed by atoms with Crippen LogP contribution >= 0.6 is 22.6 Å². The van der Waals surface area contributed by atoms with Gasteiger partial charge in [0, 0.05) is 17.3 Å². The summed E-state index contributed by atoms with van der Waals surface area (Å²) in [5.74, 6) is 2.27. The molecule has 36 heavy (non-hydrogen) atoms. The van der Waals surface area contributed by atoms with E-state index in [1.165, 1.54) is 0 Å². The SMILES string of the molecule is CCOc1cc(C=Nc2oc(-c3ccc(C)cc3)c(-c3ccc(C)cc3)c2C#N)cc(I)c1OCC. The summed E-state index contributed by atoms with van der Waals surface area (Å²) in [5.41, 5.74) is 6.05. The number of aryl methyl sites for hydroxylation is 2. The van der Waals surface area contributed by atoms with Crippen molar-refractivity contribution in [2.75, 3.05) is 13.2 Å². The molecule has 182 valence electrons. The molecule has 0 aliphatic rings. The van der Waals surface area contributed by atoms with Crippen molar-refractivity contribution in [2.24, 2.45) is 4.99 Å². The Bertz CT molecular complexity index is 1430. The van der Waals surface area contributed by atoms with Gasteiger partial charge in [0.25, 0.3) is 0 Å². The van der Waals surface area contributed by atoms with Gasteiger partial charge in [0.15, 0.2) is 11.5 Å². The molecule has 0 fully saturated rings. The second kappa shape index (κ2) is 11.4. The molecule has 0 saturated carbocycles. The zero-order valence-electron chi connectivity index (χ0n) is 20.8. The highest BCUT2D eigenvalue weighted by molar-refractivity contribution is 14.1. The molecule has 0 aliphatic heterocycles. The van der Waals surface area contributed by atoms with Crippen molar-refractivity contribution in [1.29, 1.82) is 5.26 Å². The Labute approximate surface area is 225 Å². The van der Waals surface area contributed by atoms with E-state index in [1.807, 2.05) is 88.4 Å². The monoisotopic (exact) mass is 590 g/mol. The molecular formula is C30H27IN2O3. The van der Waals surface area contributed by atoms with Gasteiger partial charge in [-0.25, -0.2) is 4.99 Å². The van der Waals surface area contributed by atoms with Crippen LogP contribution < -0.4 is 9.47 Å². The molecule has 0 aliphatic carbocycles. The molecule has 1 heterocycles. The van der Waals surface area contributed by atoms with E-state index in [9.17, 15) is 5.26 Å². The highest BCUT2D eigenvalue weighted by Gasteiger charge is 2.23. The van der Waals surface area contributed by atoms with E-state index < -0.39 is 0 Å². The van der Waals surface area contributed by atoms with Gasteiger partial charge in [0.1, 0.15) is 17.4 Å². The lowest BCUT2D eigenvalue weighted by Crippen LogP contribution is -2.01. The average molecular weight is 590 g/mol. The third-order valence-electron chi connectivity index (χ3n) is 5.61. The molecular weight excluding hydrogens is 563 g/mol. The van der Waals surface area contributed by atoms with Crippen molar-refractivity contribution in [3.63, 3.8) is 0 Å². The molecule has 0 N–H and O–H groups in total. The van der Waals surface area contributed by atoms with Gasteiger partial charge >= 0.3 is 0 Å². The van der Waals surface area contributed by atoms with Crippen LogP contribution in [0.1, 0.15) is 36.1 Å². The van der Waals surface area contributed by atoms with E-state index in [1.54, 1.807) is 6.21 Å². The normalized spacial score (nSPS) is 11.0. The van der Waals surface area contributed by atoms with Crippen molar-refractivity contribution in [3.8, 4) is 40.0 Å². The Morgan fingerprint density at radius 2 is 1.53 bits per heavy atom. The Hall–Kier alpha value is -3.57. The van der Waals surface area contributed by atoms with Crippen molar-refractivity contribution < 1.29 is 13.9 Å². The van der Waals surface area contributed by atoms with Crippen LogP contribution in [-0.4, -0.2) is 19.4 Å². The summed E-state index contributed by atoms with van der Waals surface area (Å²) in [6.07, 6.45) is 1.69. The number of aliphatic imine (C=N–C) groups is 1. The van der Waals surface area contributed by atoms with Crippen molar-refractivity contribution >= 4 is 34.7 Å². The molecule has 3 aromatic carbocycles. The van der Waals surface area contributed by atoms with Gasteiger partial charge in [-0.05, 0) is 73.5 Å². The zero-order chi connectivity index (χ0) is 25.7. The molecule has 4 aromatic rings. The van der Waals surface area contributed by atoms with E-state index in [2.05, 4.69) is 33.7 Å². The first-order valence-corrected chi connectivity index (χ1v) is 12.9. The van der Waals surface area contributed by atoms with Gasteiger partial charge < -0.3 is 13.9 Å². The summed E-state index contributed by atoms with van der Waals surface area (Å²) in [6.45, 7) is 9.02. The zero-order valence-corrected chi connectivity index (χ0v) is 22.9. The van der Waals surface area contributed by atoms with Crippen LogP contribution in [0.2, 0.25) is 0 Å². The minimum Gasteiger partial charge on any atom is -0.490 e. The second-order valence-corrected chi connectivity index (χ2v) is 9.45. The highest BCUT2D eigenvalue weighted by atomic mass is 127. The maximum atomic E-state index is 10.1. The smallest absolute Gasteiger partial charge is 0.238 e. The van der Waals surface area contributed by atoms with Crippen LogP contribution in [0, 0.1) is 28.7 Å². The number of benzene rings is 3. The Kier molecular flexibility index (Phi) is 8.11. The topological polar surface area (TPSA) is 67.8 Å². The largest absolute Gasteiger partial charge is 0.490 e. The predicted octanol–water partition coefficient (Wildman–Crippen LogP) is 8.25. The van der Waals surface area contributed by atoms with Crippen LogP contribution in [-0.2, 0) is 0 Å². The van der Waals surface area contributed by atoms with Gasteiger partial charge in [-0.15, -0.1) is 0 Å². The summed E-state index contributed by atoms with van der Waals surface area (Å²) >= 11 is 2.23. The fourth-order valence-electron chi connectivity index (χ4n) is 3.86. The Morgan fingerprint density at radius 1 is 0.917 bits per heavy atom. The Balaban J connectivity index is 1.83. The maximum absolute atomic E-state index is 10.1. The molecule has 0 radical (unpaired) electrons. The minimum absolute atomic E-state index is 0.269. The lowest BCUT2D eigenvalue weighted by Gasteiger charge is -2.13. The van der Waals surface area contributed by atoms with Crippen LogP contribution in [0.4, 0.5) is 5.88 Å².